The Hall–Kier alpha value is -4.02. The van der Waals surface area contributed by atoms with Crippen molar-refractivity contribution < 1.29 is 42.1 Å². The molecule has 0 fully saturated rings. The van der Waals surface area contributed by atoms with Crippen LogP contribution in [0.15, 0.2) is 36.4 Å². The molecule has 8 nitrogen and oxygen atoms in total. The van der Waals surface area contributed by atoms with Crippen LogP contribution in [0.25, 0.3) is 10.9 Å². The summed E-state index contributed by atoms with van der Waals surface area (Å²) < 4.78 is 49.8. The normalized spacial score (nSPS) is 11.0. The predicted molar refractivity (Wildman–Crippen MR) is 115 cm³/mol. The minimum atomic E-state index is -3.01. The fraction of sp³-hybridized carbons (Fsp3) is 0.261. The number of halogens is 3. The standard InChI is InChI=1S/C23H21F3N2O6/c1-12-15(10-20(29)27-8-7-21(30)31)16-9-19(33-2)17(24)11-18(16)28(12)22(32)13-3-5-14(6-4-13)34-23(25)26/h3-6,9,11,23H,7-8,10H2,1-2H3,(H,27,29)(H,30,31). The van der Waals surface area contributed by atoms with Crippen LogP contribution >= 0.6 is 0 Å². The molecule has 11 heteroatoms. The molecular formula is C23H21F3N2O6. The fourth-order valence-electron chi connectivity index (χ4n) is 3.56. The van der Waals surface area contributed by atoms with E-state index in [1.807, 2.05) is 0 Å². The number of nitrogens with zero attached hydrogens (tertiary/aromatic N) is 1. The van der Waals surface area contributed by atoms with E-state index in [1.165, 1.54) is 42.0 Å². The van der Waals surface area contributed by atoms with Gasteiger partial charge in [-0.2, -0.15) is 8.78 Å². The van der Waals surface area contributed by atoms with E-state index in [9.17, 15) is 27.6 Å². The van der Waals surface area contributed by atoms with Gasteiger partial charge in [-0.1, -0.05) is 0 Å². The molecule has 0 spiro atoms. The second kappa shape index (κ2) is 10.3. The minimum Gasteiger partial charge on any atom is -0.494 e. The Morgan fingerprint density at radius 3 is 2.41 bits per heavy atom. The number of aliphatic carboxylic acids is 1. The first kappa shape index (κ1) is 24.6. The molecular weight excluding hydrogens is 457 g/mol. The van der Waals surface area contributed by atoms with Crippen molar-refractivity contribution in [2.24, 2.45) is 0 Å². The summed E-state index contributed by atoms with van der Waals surface area (Å²) in [5.74, 6) is -3.06. The molecule has 0 atom stereocenters. The number of ether oxygens (including phenoxy) is 2. The van der Waals surface area contributed by atoms with Gasteiger partial charge in [-0.3, -0.25) is 19.0 Å². The maximum absolute atomic E-state index is 14.5. The van der Waals surface area contributed by atoms with Crippen LogP contribution in [0.4, 0.5) is 13.2 Å². The van der Waals surface area contributed by atoms with E-state index < -0.39 is 30.2 Å². The Kier molecular flexibility index (Phi) is 7.44. The Morgan fingerprint density at radius 1 is 1.15 bits per heavy atom. The highest BCUT2D eigenvalue weighted by Crippen LogP contribution is 2.32. The highest BCUT2D eigenvalue weighted by atomic mass is 19.3. The fourth-order valence-corrected chi connectivity index (χ4v) is 3.56. The third-order valence-electron chi connectivity index (χ3n) is 5.14. The van der Waals surface area contributed by atoms with E-state index in [2.05, 4.69) is 10.1 Å². The summed E-state index contributed by atoms with van der Waals surface area (Å²) in [6.45, 7) is -1.51. The lowest BCUT2D eigenvalue weighted by molar-refractivity contribution is -0.136. The van der Waals surface area contributed by atoms with E-state index in [1.54, 1.807) is 6.92 Å². The van der Waals surface area contributed by atoms with Crippen LogP contribution in [0.5, 0.6) is 11.5 Å². The summed E-state index contributed by atoms with van der Waals surface area (Å²) >= 11 is 0. The number of alkyl halides is 2. The number of rotatable bonds is 9. The van der Waals surface area contributed by atoms with E-state index in [0.717, 1.165) is 6.07 Å². The van der Waals surface area contributed by atoms with Crippen LogP contribution in [0.3, 0.4) is 0 Å². The van der Waals surface area contributed by atoms with Crippen molar-refractivity contribution in [2.45, 2.75) is 26.4 Å². The van der Waals surface area contributed by atoms with Gasteiger partial charge in [0.1, 0.15) is 5.75 Å². The maximum Gasteiger partial charge on any atom is 0.387 e. The quantitative estimate of drug-likeness (QED) is 0.488. The second-order valence-corrected chi connectivity index (χ2v) is 7.28. The largest absolute Gasteiger partial charge is 0.494 e. The van der Waals surface area contributed by atoms with Crippen LogP contribution in [0.1, 0.15) is 28.0 Å². The lowest BCUT2D eigenvalue weighted by Gasteiger charge is -2.09. The molecule has 0 bridgehead atoms. The van der Waals surface area contributed by atoms with Crippen LogP contribution in [0.2, 0.25) is 0 Å². The molecule has 180 valence electrons. The molecule has 34 heavy (non-hydrogen) atoms. The number of benzene rings is 2. The van der Waals surface area contributed by atoms with Crippen molar-refractivity contribution in [3.63, 3.8) is 0 Å². The number of carboxylic acid groups (broad SMARTS) is 1. The van der Waals surface area contributed by atoms with E-state index in [-0.39, 0.29) is 42.0 Å². The molecule has 0 saturated carbocycles. The first-order valence-electron chi connectivity index (χ1n) is 10.1. The summed E-state index contributed by atoms with van der Waals surface area (Å²) in [5.41, 5.74) is 1.08. The molecule has 1 heterocycles. The number of nitrogens with one attached hydrogen (secondary N) is 1. The Balaban J connectivity index is 2.03. The highest BCUT2D eigenvalue weighted by molar-refractivity contribution is 6.05. The third kappa shape index (κ3) is 5.30. The van der Waals surface area contributed by atoms with E-state index >= 15 is 0 Å². The summed E-state index contributed by atoms with van der Waals surface area (Å²) in [7, 11) is 1.28. The zero-order valence-corrected chi connectivity index (χ0v) is 18.2. The number of fused-ring (bicyclic) bond motifs is 1. The summed E-state index contributed by atoms with van der Waals surface area (Å²) in [6.07, 6.45) is -0.451. The van der Waals surface area contributed by atoms with Gasteiger partial charge in [-0.05, 0) is 42.8 Å². The van der Waals surface area contributed by atoms with Crippen molar-refractivity contribution in [3.8, 4) is 11.5 Å². The van der Waals surface area contributed by atoms with Gasteiger partial charge in [-0.25, -0.2) is 4.39 Å². The van der Waals surface area contributed by atoms with Crippen LogP contribution in [-0.4, -0.2) is 47.7 Å². The first-order chi connectivity index (χ1) is 16.1. The molecule has 3 rings (SSSR count). The zero-order valence-electron chi connectivity index (χ0n) is 18.2. The van der Waals surface area contributed by atoms with Crippen molar-refractivity contribution in [1.29, 1.82) is 0 Å². The molecule has 0 radical (unpaired) electrons. The van der Waals surface area contributed by atoms with Crippen LogP contribution < -0.4 is 14.8 Å². The zero-order chi connectivity index (χ0) is 25.0. The Bertz CT molecular complexity index is 1240. The molecule has 3 aromatic rings. The number of aromatic nitrogens is 1. The summed E-state index contributed by atoms with van der Waals surface area (Å²) in [6, 6.07) is 7.49. The van der Waals surface area contributed by atoms with Gasteiger partial charge in [0.2, 0.25) is 5.91 Å². The van der Waals surface area contributed by atoms with Gasteiger partial charge in [0, 0.05) is 29.3 Å². The average molecular weight is 478 g/mol. The second-order valence-electron chi connectivity index (χ2n) is 7.28. The lowest BCUT2D eigenvalue weighted by atomic mass is 10.1. The predicted octanol–water partition coefficient (Wildman–Crippen LogP) is 3.52. The molecule has 0 saturated heterocycles. The van der Waals surface area contributed by atoms with Crippen LogP contribution in [-0.2, 0) is 16.0 Å². The highest BCUT2D eigenvalue weighted by Gasteiger charge is 2.23. The SMILES string of the molecule is COc1cc2c(CC(=O)NCCC(=O)O)c(C)n(C(=O)c3ccc(OC(F)F)cc3)c2cc1F. The van der Waals surface area contributed by atoms with E-state index in [0.29, 0.717) is 16.6 Å². The van der Waals surface area contributed by atoms with Gasteiger partial charge in [0.15, 0.2) is 11.6 Å². The smallest absolute Gasteiger partial charge is 0.387 e. The van der Waals surface area contributed by atoms with Gasteiger partial charge in [0.05, 0.1) is 25.5 Å². The monoisotopic (exact) mass is 478 g/mol. The molecule has 0 aliphatic heterocycles. The summed E-state index contributed by atoms with van der Waals surface area (Å²) in [5, 5.41) is 11.6. The number of hydrogen-bond donors (Lipinski definition) is 2. The molecule has 1 aromatic heterocycles. The molecule has 0 aliphatic carbocycles. The van der Waals surface area contributed by atoms with Crippen LogP contribution in [0, 0.1) is 12.7 Å². The van der Waals surface area contributed by atoms with Gasteiger partial charge in [-0.15, -0.1) is 0 Å². The van der Waals surface area contributed by atoms with Gasteiger partial charge in [0.25, 0.3) is 5.91 Å². The van der Waals surface area contributed by atoms with E-state index in [4.69, 9.17) is 9.84 Å². The topological polar surface area (TPSA) is 107 Å². The Morgan fingerprint density at radius 2 is 1.82 bits per heavy atom. The molecule has 0 aliphatic rings. The number of carboxylic acids is 1. The van der Waals surface area contributed by atoms with Crippen molar-refractivity contribution in [1.82, 2.24) is 9.88 Å². The van der Waals surface area contributed by atoms with Crippen molar-refractivity contribution in [3.05, 3.63) is 59.0 Å². The molecule has 2 aromatic carbocycles. The van der Waals surface area contributed by atoms with Crippen molar-refractivity contribution >= 4 is 28.7 Å². The first-order valence-corrected chi connectivity index (χ1v) is 10.1. The number of carbonyl (C=O) groups excluding carboxylic acids is 2. The maximum atomic E-state index is 14.5. The Labute approximate surface area is 191 Å². The van der Waals surface area contributed by atoms with Gasteiger partial charge >= 0.3 is 12.6 Å². The number of hydrogen-bond acceptors (Lipinski definition) is 5. The third-order valence-corrected chi connectivity index (χ3v) is 5.14. The van der Waals surface area contributed by atoms with Gasteiger partial charge < -0.3 is 19.9 Å². The number of amides is 1. The lowest BCUT2D eigenvalue weighted by Crippen LogP contribution is -2.27. The molecule has 1 amide bonds. The van der Waals surface area contributed by atoms with Crippen molar-refractivity contribution in [2.75, 3.05) is 13.7 Å². The summed E-state index contributed by atoms with van der Waals surface area (Å²) in [4.78, 5) is 36.4. The minimum absolute atomic E-state index is 0.0736. The number of carbonyl (C=O) groups is 3. The number of methoxy groups -OCH3 is 1. The molecule has 0 unspecified atom stereocenters. The molecule has 2 N–H and O–H groups in total. The average Bonchev–Trinajstić information content (AvgIpc) is 3.02.